The summed E-state index contributed by atoms with van der Waals surface area (Å²) in [7, 11) is 2.57. The van der Waals surface area contributed by atoms with Crippen molar-refractivity contribution < 1.29 is 19.1 Å². The van der Waals surface area contributed by atoms with Gasteiger partial charge in [-0.2, -0.15) is 0 Å². The lowest BCUT2D eigenvalue weighted by Crippen LogP contribution is -2.39. The summed E-state index contributed by atoms with van der Waals surface area (Å²) in [4.78, 5) is 24.6. The number of hydrogen-bond acceptors (Lipinski definition) is 4. The Balaban J connectivity index is 2.39. The molecule has 122 valence electrons. The predicted octanol–water partition coefficient (Wildman–Crippen LogP) is 3.24. The smallest absolute Gasteiger partial charge is 0.323 e. The van der Waals surface area contributed by atoms with Crippen molar-refractivity contribution >= 4 is 17.5 Å². The quantitative estimate of drug-likeness (QED) is 0.475. The number of rotatable bonds is 5. The Hall–Kier alpha value is -2.36. The summed E-state index contributed by atoms with van der Waals surface area (Å²) in [5.41, 5.74) is 0.602. The summed E-state index contributed by atoms with van der Waals surface area (Å²) in [6.07, 6.45) is 2.43. The lowest BCUT2D eigenvalue weighted by atomic mass is 9.83. The van der Waals surface area contributed by atoms with E-state index < -0.39 is 17.4 Å². The number of benzene rings is 1. The first-order chi connectivity index (χ1) is 11.0. The van der Waals surface area contributed by atoms with Gasteiger partial charge in [-0.3, -0.25) is 9.59 Å². The number of hydrogen-bond donors (Lipinski definition) is 0. The van der Waals surface area contributed by atoms with Crippen LogP contribution in [0.15, 0.2) is 49.6 Å². The van der Waals surface area contributed by atoms with Crippen LogP contribution in [0.1, 0.15) is 18.4 Å². The molecule has 4 heteroatoms. The van der Waals surface area contributed by atoms with Gasteiger partial charge in [0.2, 0.25) is 0 Å². The van der Waals surface area contributed by atoms with Gasteiger partial charge in [-0.15, -0.1) is 6.58 Å². The van der Waals surface area contributed by atoms with Gasteiger partial charge in [-0.1, -0.05) is 43.0 Å². The van der Waals surface area contributed by atoms with Crippen LogP contribution < -0.4 is 0 Å². The molecule has 1 saturated carbocycles. The number of carbonyl (C=O) groups excluding carboxylic acids is 2. The number of esters is 2. The second-order valence-electron chi connectivity index (χ2n) is 5.87. The minimum atomic E-state index is -1.29. The van der Waals surface area contributed by atoms with E-state index in [1.54, 1.807) is 6.08 Å². The first-order valence-corrected chi connectivity index (χ1v) is 7.53. The van der Waals surface area contributed by atoms with Crippen molar-refractivity contribution in [2.45, 2.75) is 12.8 Å². The average Bonchev–Trinajstić information content (AvgIpc) is 3.01. The monoisotopic (exact) mass is 314 g/mol. The molecule has 1 aliphatic rings. The maximum Gasteiger partial charge on any atom is 0.323 e. The molecular weight excluding hydrogens is 292 g/mol. The number of ether oxygens (including phenoxy) is 2. The number of methoxy groups -OCH3 is 2. The lowest BCUT2D eigenvalue weighted by Gasteiger charge is -2.23. The van der Waals surface area contributed by atoms with Crippen LogP contribution in [0.3, 0.4) is 0 Å². The van der Waals surface area contributed by atoms with Gasteiger partial charge >= 0.3 is 11.9 Å². The van der Waals surface area contributed by atoms with Gasteiger partial charge in [0, 0.05) is 0 Å². The van der Waals surface area contributed by atoms with E-state index in [2.05, 4.69) is 13.2 Å². The first-order valence-electron chi connectivity index (χ1n) is 7.53. The molecule has 2 atom stereocenters. The number of allylic oxidation sites excluding steroid dienone is 2. The van der Waals surface area contributed by atoms with Gasteiger partial charge in [0.05, 0.1) is 14.2 Å². The third-order valence-corrected chi connectivity index (χ3v) is 4.72. The molecule has 1 aliphatic carbocycles. The van der Waals surface area contributed by atoms with Crippen LogP contribution in [0, 0.1) is 17.3 Å². The largest absolute Gasteiger partial charge is 0.468 e. The molecule has 0 unspecified atom stereocenters. The van der Waals surface area contributed by atoms with Gasteiger partial charge in [0.1, 0.15) is 0 Å². The zero-order chi connectivity index (χ0) is 17.0. The molecule has 1 fully saturated rings. The second-order valence-corrected chi connectivity index (χ2v) is 5.87. The Morgan fingerprint density at radius 1 is 1.13 bits per heavy atom. The molecule has 0 aliphatic heterocycles. The van der Waals surface area contributed by atoms with Gasteiger partial charge < -0.3 is 9.47 Å². The zero-order valence-corrected chi connectivity index (χ0v) is 13.6. The topological polar surface area (TPSA) is 52.6 Å². The van der Waals surface area contributed by atoms with Crippen LogP contribution in [0.2, 0.25) is 0 Å². The Kier molecular flexibility index (Phi) is 5.04. The van der Waals surface area contributed by atoms with Crippen molar-refractivity contribution in [3.05, 3.63) is 55.1 Å². The molecule has 1 aromatic rings. The third kappa shape index (κ3) is 2.93. The van der Waals surface area contributed by atoms with Crippen molar-refractivity contribution in [1.29, 1.82) is 0 Å². The van der Waals surface area contributed by atoms with Crippen LogP contribution in [0.25, 0.3) is 5.57 Å². The van der Waals surface area contributed by atoms with E-state index in [9.17, 15) is 9.59 Å². The molecule has 4 nitrogen and oxygen atoms in total. The van der Waals surface area contributed by atoms with Crippen molar-refractivity contribution in [2.75, 3.05) is 14.2 Å². The minimum Gasteiger partial charge on any atom is -0.468 e. The van der Waals surface area contributed by atoms with E-state index in [1.807, 2.05) is 30.3 Å². The molecule has 0 saturated heterocycles. The van der Waals surface area contributed by atoms with Gasteiger partial charge in [0.25, 0.3) is 0 Å². The molecule has 0 radical (unpaired) electrons. The summed E-state index contributed by atoms with van der Waals surface area (Å²) in [6.45, 7) is 8.05. The number of carbonyl (C=O) groups is 2. The molecular formula is C19H22O4. The van der Waals surface area contributed by atoms with Crippen LogP contribution in [-0.4, -0.2) is 26.2 Å². The highest BCUT2D eigenvalue weighted by Crippen LogP contribution is 2.52. The van der Waals surface area contributed by atoms with E-state index in [4.69, 9.17) is 9.47 Å². The fourth-order valence-electron chi connectivity index (χ4n) is 3.46. The molecule has 0 aromatic heterocycles. The summed E-state index contributed by atoms with van der Waals surface area (Å²) in [6, 6.07) is 9.75. The maximum absolute atomic E-state index is 12.3. The normalized spacial score (nSPS) is 22.2. The molecule has 0 bridgehead atoms. The maximum atomic E-state index is 12.3. The first kappa shape index (κ1) is 17.0. The molecule has 23 heavy (non-hydrogen) atoms. The van der Waals surface area contributed by atoms with Gasteiger partial charge in [-0.25, -0.2) is 0 Å². The van der Waals surface area contributed by atoms with Crippen LogP contribution in [0.4, 0.5) is 0 Å². The van der Waals surface area contributed by atoms with E-state index in [1.165, 1.54) is 14.2 Å². The summed E-state index contributed by atoms with van der Waals surface area (Å²) < 4.78 is 9.77. The van der Waals surface area contributed by atoms with Crippen LogP contribution in [0.5, 0.6) is 0 Å². The molecule has 0 spiro atoms. The Morgan fingerprint density at radius 2 is 1.70 bits per heavy atom. The molecule has 0 heterocycles. The Labute approximate surface area is 136 Å². The van der Waals surface area contributed by atoms with Crippen molar-refractivity contribution in [3.8, 4) is 0 Å². The predicted molar refractivity (Wildman–Crippen MR) is 88.4 cm³/mol. The van der Waals surface area contributed by atoms with Crippen molar-refractivity contribution in [2.24, 2.45) is 17.3 Å². The van der Waals surface area contributed by atoms with Crippen LogP contribution in [-0.2, 0) is 19.1 Å². The van der Waals surface area contributed by atoms with E-state index in [0.29, 0.717) is 12.8 Å². The third-order valence-electron chi connectivity index (χ3n) is 4.72. The van der Waals surface area contributed by atoms with E-state index >= 15 is 0 Å². The van der Waals surface area contributed by atoms with Crippen LogP contribution >= 0.6 is 0 Å². The summed E-state index contributed by atoms with van der Waals surface area (Å²) in [5, 5.41) is 0. The molecule has 0 amide bonds. The minimum absolute atomic E-state index is 0.0408. The molecule has 2 rings (SSSR count). The molecule has 0 N–H and O–H groups in total. The highest BCUT2D eigenvalue weighted by atomic mass is 16.5. The Bertz CT molecular complexity index is 602. The standard InChI is InChI=1S/C19H22O4/c1-5-14-11-19(17(20)22-3,18(21)23-4)12-16(14)13(2)15-9-7-6-8-10-15/h5-10,14,16H,1-2,11-12H2,3-4H3/t14-,16-/m0/s1. The van der Waals surface area contributed by atoms with E-state index in [0.717, 1.165) is 11.1 Å². The highest BCUT2D eigenvalue weighted by molar-refractivity contribution is 6.01. The van der Waals surface area contributed by atoms with Crippen molar-refractivity contribution in [1.82, 2.24) is 0 Å². The van der Waals surface area contributed by atoms with Gasteiger partial charge in [-0.05, 0) is 35.8 Å². The average molecular weight is 314 g/mol. The van der Waals surface area contributed by atoms with E-state index in [-0.39, 0.29) is 11.8 Å². The van der Waals surface area contributed by atoms with Gasteiger partial charge in [0.15, 0.2) is 5.41 Å². The fraction of sp³-hybridized carbons (Fsp3) is 0.368. The Morgan fingerprint density at radius 3 is 2.17 bits per heavy atom. The summed E-state index contributed by atoms with van der Waals surface area (Å²) in [5.74, 6) is -1.21. The highest BCUT2D eigenvalue weighted by Gasteiger charge is 2.57. The fourth-order valence-corrected chi connectivity index (χ4v) is 3.46. The molecule has 1 aromatic carbocycles. The SMILES string of the molecule is C=C[C@H]1CC(C(=O)OC)(C(=O)OC)C[C@H]1C(=C)c1ccccc1. The van der Waals surface area contributed by atoms with Crippen molar-refractivity contribution in [3.63, 3.8) is 0 Å². The second kappa shape index (κ2) is 6.82. The zero-order valence-electron chi connectivity index (χ0n) is 13.6. The summed E-state index contributed by atoms with van der Waals surface area (Å²) >= 11 is 0. The lowest BCUT2D eigenvalue weighted by molar-refractivity contribution is -0.168.